The van der Waals surface area contributed by atoms with Gasteiger partial charge in [-0.15, -0.1) is 0 Å². The summed E-state index contributed by atoms with van der Waals surface area (Å²) >= 11 is 0. The molecular weight excluding hydrogens is 318 g/mol. The molecule has 1 aliphatic heterocycles. The highest BCUT2D eigenvalue weighted by Crippen LogP contribution is 2.16. The summed E-state index contributed by atoms with van der Waals surface area (Å²) in [4.78, 5) is 17.0. The zero-order valence-electron chi connectivity index (χ0n) is 14.2. The topological polar surface area (TPSA) is 68.5 Å². The van der Waals surface area contributed by atoms with Crippen LogP contribution in [0.4, 0.5) is 5.69 Å². The van der Waals surface area contributed by atoms with Crippen molar-refractivity contribution in [1.29, 1.82) is 0 Å². The third-order valence-electron chi connectivity index (χ3n) is 4.48. The molecule has 6 heteroatoms. The molecule has 0 bridgehead atoms. The molecule has 0 N–H and O–H groups in total. The summed E-state index contributed by atoms with van der Waals surface area (Å²) in [6.45, 7) is 3.48. The van der Waals surface area contributed by atoms with E-state index < -0.39 is 0 Å². The van der Waals surface area contributed by atoms with Crippen LogP contribution in [0.3, 0.4) is 0 Å². The predicted octanol–water partition coefficient (Wildman–Crippen LogP) is 3.21. The van der Waals surface area contributed by atoms with Crippen molar-refractivity contribution in [3.63, 3.8) is 0 Å². The number of nitrogens with zero attached hydrogens (tertiary/aromatic N) is 3. The Morgan fingerprint density at radius 3 is 2.72 bits per heavy atom. The molecule has 1 fully saturated rings. The van der Waals surface area contributed by atoms with E-state index in [2.05, 4.69) is 16.0 Å². The first kappa shape index (κ1) is 17.5. The number of non-ortho nitro benzene ring substituents is 1. The van der Waals surface area contributed by atoms with Gasteiger partial charge in [-0.1, -0.05) is 18.2 Å². The van der Waals surface area contributed by atoms with E-state index in [-0.39, 0.29) is 10.6 Å². The van der Waals surface area contributed by atoms with Gasteiger partial charge in [0.25, 0.3) is 5.69 Å². The maximum Gasteiger partial charge on any atom is 0.269 e. The average Bonchev–Trinajstić information content (AvgIpc) is 3.14. The summed E-state index contributed by atoms with van der Waals surface area (Å²) in [7, 11) is 0. The van der Waals surface area contributed by atoms with Crippen LogP contribution in [0.1, 0.15) is 24.0 Å². The monoisotopic (exact) mass is 341 g/mol. The molecule has 0 unspecified atom stereocenters. The van der Waals surface area contributed by atoms with Gasteiger partial charge < -0.3 is 4.74 Å². The summed E-state index contributed by atoms with van der Waals surface area (Å²) in [5.74, 6) is 0. The first-order valence-corrected chi connectivity index (χ1v) is 8.67. The van der Waals surface area contributed by atoms with E-state index in [9.17, 15) is 10.1 Å². The van der Waals surface area contributed by atoms with Gasteiger partial charge in [0, 0.05) is 50.8 Å². The van der Waals surface area contributed by atoms with Crippen LogP contribution in [0.5, 0.6) is 0 Å². The molecule has 1 aliphatic rings. The third-order valence-corrected chi connectivity index (χ3v) is 4.48. The van der Waals surface area contributed by atoms with E-state index in [1.165, 1.54) is 5.56 Å². The van der Waals surface area contributed by atoms with Crippen molar-refractivity contribution in [3.05, 3.63) is 70.0 Å². The largest absolute Gasteiger partial charge is 0.377 e. The van der Waals surface area contributed by atoms with Gasteiger partial charge in [-0.3, -0.25) is 20.0 Å². The molecule has 0 saturated carbocycles. The highest BCUT2D eigenvalue weighted by Gasteiger charge is 2.19. The standard InChI is InChI=1S/C19H23N3O3/c23-22(24)18-7-5-16(6-8-18)9-11-21(15-19-4-2-12-25-19)14-17-3-1-10-20-13-17/h1,3,5-8,10,13,19H,2,4,9,11-12,14-15H2/t19-/m0/s1. The van der Waals surface area contributed by atoms with Crippen LogP contribution in [0.15, 0.2) is 48.8 Å². The lowest BCUT2D eigenvalue weighted by atomic mass is 10.1. The Kier molecular flexibility index (Phi) is 6.09. The number of hydrogen-bond donors (Lipinski definition) is 0. The van der Waals surface area contributed by atoms with E-state index in [0.717, 1.165) is 51.1 Å². The minimum Gasteiger partial charge on any atom is -0.377 e. The summed E-state index contributed by atoms with van der Waals surface area (Å²) < 4.78 is 5.78. The molecule has 0 radical (unpaired) electrons. The first-order valence-electron chi connectivity index (χ1n) is 8.67. The van der Waals surface area contributed by atoms with Crippen molar-refractivity contribution >= 4 is 5.69 Å². The Morgan fingerprint density at radius 2 is 2.08 bits per heavy atom. The van der Waals surface area contributed by atoms with E-state index in [0.29, 0.717) is 6.10 Å². The Balaban J connectivity index is 1.60. The quantitative estimate of drug-likeness (QED) is 0.545. The van der Waals surface area contributed by atoms with Gasteiger partial charge in [-0.2, -0.15) is 0 Å². The zero-order chi connectivity index (χ0) is 17.5. The van der Waals surface area contributed by atoms with Crippen LogP contribution in [0.2, 0.25) is 0 Å². The number of nitro groups is 1. The van der Waals surface area contributed by atoms with Gasteiger partial charge >= 0.3 is 0 Å². The molecule has 2 heterocycles. The minimum absolute atomic E-state index is 0.135. The molecule has 25 heavy (non-hydrogen) atoms. The summed E-state index contributed by atoms with van der Waals surface area (Å²) in [5.41, 5.74) is 2.42. The molecule has 2 aromatic rings. The van der Waals surface area contributed by atoms with Crippen molar-refractivity contribution in [2.75, 3.05) is 19.7 Å². The third kappa shape index (κ3) is 5.34. The number of aromatic nitrogens is 1. The Hall–Kier alpha value is -2.31. The zero-order valence-corrected chi connectivity index (χ0v) is 14.2. The number of benzene rings is 1. The number of ether oxygens (including phenoxy) is 1. The second-order valence-electron chi connectivity index (χ2n) is 6.40. The molecule has 1 aromatic carbocycles. The molecule has 3 rings (SSSR count). The van der Waals surface area contributed by atoms with E-state index >= 15 is 0 Å². The summed E-state index contributed by atoms with van der Waals surface area (Å²) in [6, 6.07) is 10.9. The Labute approximate surface area is 147 Å². The highest BCUT2D eigenvalue weighted by molar-refractivity contribution is 5.32. The average molecular weight is 341 g/mol. The van der Waals surface area contributed by atoms with Crippen molar-refractivity contribution in [3.8, 4) is 0 Å². The van der Waals surface area contributed by atoms with E-state index in [1.807, 2.05) is 24.4 Å². The highest BCUT2D eigenvalue weighted by atomic mass is 16.6. The van der Waals surface area contributed by atoms with Gasteiger partial charge in [-0.25, -0.2) is 0 Å². The number of rotatable bonds is 8. The minimum atomic E-state index is -0.365. The summed E-state index contributed by atoms with van der Waals surface area (Å²) in [6.07, 6.45) is 7.08. The lowest BCUT2D eigenvalue weighted by molar-refractivity contribution is -0.384. The molecule has 0 amide bonds. The maximum absolute atomic E-state index is 10.8. The van der Waals surface area contributed by atoms with Gasteiger partial charge in [0.05, 0.1) is 11.0 Å². The second kappa shape index (κ2) is 8.69. The van der Waals surface area contributed by atoms with Gasteiger partial charge in [0.1, 0.15) is 0 Å². The molecule has 132 valence electrons. The lowest BCUT2D eigenvalue weighted by Crippen LogP contribution is -2.33. The first-order chi connectivity index (χ1) is 12.2. The van der Waals surface area contributed by atoms with Crippen molar-refractivity contribution in [1.82, 2.24) is 9.88 Å². The molecule has 1 saturated heterocycles. The fraction of sp³-hybridized carbons (Fsp3) is 0.421. The van der Waals surface area contributed by atoms with E-state index in [1.54, 1.807) is 18.3 Å². The van der Waals surface area contributed by atoms with Crippen LogP contribution < -0.4 is 0 Å². The molecule has 0 spiro atoms. The number of nitro benzene ring substituents is 1. The summed E-state index contributed by atoms with van der Waals surface area (Å²) in [5, 5.41) is 10.8. The normalized spacial score (nSPS) is 17.1. The smallest absolute Gasteiger partial charge is 0.269 e. The molecule has 1 atom stereocenters. The second-order valence-corrected chi connectivity index (χ2v) is 6.40. The maximum atomic E-state index is 10.8. The fourth-order valence-corrected chi connectivity index (χ4v) is 3.13. The lowest BCUT2D eigenvalue weighted by Gasteiger charge is -2.25. The Morgan fingerprint density at radius 1 is 1.24 bits per heavy atom. The molecular formula is C19H23N3O3. The van der Waals surface area contributed by atoms with Crippen LogP contribution in [-0.2, 0) is 17.7 Å². The number of hydrogen-bond acceptors (Lipinski definition) is 5. The number of pyridine rings is 1. The van der Waals surface area contributed by atoms with Crippen molar-refractivity contribution < 1.29 is 9.66 Å². The van der Waals surface area contributed by atoms with Crippen LogP contribution in [-0.4, -0.2) is 40.6 Å². The van der Waals surface area contributed by atoms with Crippen LogP contribution >= 0.6 is 0 Å². The predicted molar refractivity (Wildman–Crippen MR) is 95.3 cm³/mol. The molecule has 1 aromatic heterocycles. The Bertz CT molecular complexity index is 670. The molecule has 6 nitrogen and oxygen atoms in total. The van der Waals surface area contributed by atoms with Crippen molar-refractivity contribution in [2.24, 2.45) is 0 Å². The SMILES string of the molecule is O=[N+]([O-])c1ccc(CCN(Cc2cccnc2)C[C@@H]2CCCO2)cc1. The van der Waals surface area contributed by atoms with Crippen LogP contribution in [0, 0.1) is 10.1 Å². The van der Waals surface area contributed by atoms with E-state index in [4.69, 9.17) is 4.74 Å². The van der Waals surface area contributed by atoms with Gasteiger partial charge in [0.2, 0.25) is 0 Å². The van der Waals surface area contributed by atoms with Crippen LogP contribution in [0.25, 0.3) is 0 Å². The fourth-order valence-electron chi connectivity index (χ4n) is 3.13. The van der Waals surface area contributed by atoms with Gasteiger partial charge in [0.15, 0.2) is 0 Å². The molecule has 0 aliphatic carbocycles. The van der Waals surface area contributed by atoms with Crippen molar-refractivity contribution in [2.45, 2.75) is 31.9 Å². The van der Waals surface area contributed by atoms with Gasteiger partial charge in [-0.05, 0) is 36.5 Å².